The fraction of sp³-hybridized carbons (Fsp3) is 0.100. The van der Waals surface area contributed by atoms with E-state index in [1.807, 2.05) is 48.5 Å². The van der Waals surface area contributed by atoms with Crippen LogP contribution in [-0.2, 0) is 13.1 Å². The number of pyridine rings is 1. The molecular formula is C20H16Cl2N2O. The molecule has 0 N–H and O–H groups in total. The normalized spacial score (nSPS) is 10.5. The number of aromatic nitrogens is 1. The van der Waals surface area contributed by atoms with E-state index in [0.717, 1.165) is 11.1 Å². The molecular weight excluding hydrogens is 355 g/mol. The number of nitrogens with zero attached hydrogens (tertiary/aromatic N) is 2. The number of hydrogen-bond donors (Lipinski definition) is 0. The second-order valence-electron chi connectivity index (χ2n) is 5.62. The lowest BCUT2D eigenvalue weighted by Gasteiger charge is -2.23. The molecule has 0 atom stereocenters. The van der Waals surface area contributed by atoms with Crippen LogP contribution < -0.4 is 0 Å². The Hall–Kier alpha value is -2.36. The summed E-state index contributed by atoms with van der Waals surface area (Å²) in [4.78, 5) is 18.8. The van der Waals surface area contributed by atoms with Gasteiger partial charge in [0.1, 0.15) is 0 Å². The van der Waals surface area contributed by atoms with Gasteiger partial charge in [0.15, 0.2) is 0 Å². The molecule has 3 nitrogen and oxygen atoms in total. The van der Waals surface area contributed by atoms with E-state index in [4.69, 9.17) is 23.2 Å². The van der Waals surface area contributed by atoms with Crippen molar-refractivity contribution in [2.24, 2.45) is 0 Å². The summed E-state index contributed by atoms with van der Waals surface area (Å²) in [6.45, 7) is 0.832. The molecule has 0 radical (unpaired) electrons. The van der Waals surface area contributed by atoms with Gasteiger partial charge in [-0.2, -0.15) is 0 Å². The van der Waals surface area contributed by atoms with Crippen molar-refractivity contribution < 1.29 is 4.79 Å². The Kier molecular flexibility index (Phi) is 5.69. The van der Waals surface area contributed by atoms with E-state index in [2.05, 4.69) is 4.98 Å². The number of hydrogen-bond acceptors (Lipinski definition) is 2. The Balaban J connectivity index is 1.89. The summed E-state index contributed by atoms with van der Waals surface area (Å²) >= 11 is 12.3. The number of rotatable bonds is 5. The number of carbonyl (C=O) groups is 1. The van der Waals surface area contributed by atoms with Gasteiger partial charge in [-0.25, -0.2) is 0 Å². The third-order valence-corrected chi connectivity index (χ3v) is 4.37. The van der Waals surface area contributed by atoms with E-state index in [-0.39, 0.29) is 5.91 Å². The molecule has 126 valence electrons. The summed E-state index contributed by atoms with van der Waals surface area (Å²) < 4.78 is 0. The molecule has 1 amide bonds. The van der Waals surface area contributed by atoms with Crippen molar-refractivity contribution >= 4 is 29.1 Å². The zero-order valence-electron chi connectivity index (χ0n) is 13.4. The molecule has 0 bridgehead atoms. The van der Waals surface area contributed by atoms with Gasteiger partial charge < -0.3 is 4.90 Å². The third-order valence-electron chi connectivity index (χ3n) is 3.78. The van der Waals surface area contributed by atoms with Gasteiger partial charge in [-0.15, -0.1) is 0 Å². The minimum absolute atomic E-state index is 0.0598. The smallest absolute Gasteiger partial charge is 0.254 e. The molecule has 0 saturated heterocycles. The first-order valence-corrected chi connectivity index (χ1v) is 8.56. The van der Waals surface area contributed by atoms with Crippen molar-refractivity contribution in [1.82, 2.24) is 9.88 Å². The summed E-state index contributed by atoms with van der Waals surface area (Å²) in [7, 11) is 0. The molecule has 0 fully saturated rings. The summed E-state index contributed by atoms with van der Waals surface area (Å²) in [6.07, 6.45) is 3.47. The second kappa shape index (κ2) is 8.15. The monoisotopic (exact) mass is 370 g/mol. The molecule has 0 saturated carbocycles. The first-order valence-electron chi connectivity index (χ1n) is 7.80. The van der Waals surface area contributed by atoms with Crippen molar-refractivity contribution in [3.05, 3.63) is 99.8 Å². The van der Waals surface area contributed by atoms with E-state index < -0.39 is 0 Å². The number of amides is 1. The highest BCUT2D eigenvalue weighted by atomic mass is 35.5. The zero-order chi connectivity index (χ0) is 17.6. The summed E-state index contributed by atoms with van der Waals surface area (Å²) in [5.41, 5.74) is 2.44. The van der Waals surface area contributed by atoms with Crippen LogP contribution in [0.15, 0.2) is 73.1 Å². The SMILES string of the molecule is O=C(c1ccccc1)N(Cc1cccnc1)Cc1ccc(Cl)cc1Cl. The maximum atomic E-state index is 13.0. The van der Waals surface area contributed by atoms with Gasteiger partial charge in [-0.3, -0.25) is 9.78 Å². The fourth-order valence-electron chi connectivity index (χ4n) is 2.53. The Morgan fingerprint density at radius 3 is 2.44 bits per heavy atom. The predicted molar refractivity (Wildman–Crippen MR) is 101 cm³/mol. The van der Waals surface area contributed by atoms with Crippen LogP contribution in [0.3, 0.4) is 0 Å². The summed E-state index contributed by atoms with van der Waals surface area (Å²) in [5.74, 6) is -0.0598. The maximum absolute atomic E-state index is 13.0. The van der Waals surface area contributed by atoms with Crippen molar-refractivity contribution in [2.45, 2.75) is 13.1 Å². The minimum atomic E-state index is -0.0598. The van der Waals surface area contributed by atoms with Crippen LogP contribution in [0, 0.1) is 0 Å². The molecule has 3 rings (SSSR count). The zero-order valence-corrected chi connectivity index (χ0v) is 14.9. The number of carbonyl (C=O) groups excluding carboxylic acids is 1. The first kappa shape index (κ1) is 17.5. The lowest BCUT2D eigenvalue weighted by atomic mass is 10.1. The summed E-state index contributed by atoms with van der Waals surface area (Å²) in [6, 6.07) is 18.3. The Bertz CT molecular complexity index is 854. The predicted octanol–water partition coefficient (Wildman–Crippen LogP) is 5.23. The average Bonchev–Trinajstić information content (AvgIpc) is 2.64. The number of halogens is 2. The lowest BCUT2D eigenvalue weighted by Crippen LogP contribution is -2.30. The Labute approximate surface area is 156 Å². The lowest BCUT2D eigenvalue weighted by molar-refractivity contribution is 0.0730. The standard InChI is InChI=1S/C20H16Cl2N2O/c21-18-9-8-17(19(22)11-18)14-24(13-15-5-4-10-23-12-15)20(25)16-6-2-1-3-7-16/h1-12H,13-14H2. The second-order valence-corrected chi connectivity index (χ2v) is 6.47. The van der Waals surface area contributed by atoms with Crippen molar-refractivity contribution in [3.63, 3.8) is 0 Å². The molecule has 0 unspecified atom stereocenters. The molecule has 5 heteroatoms. The van der Waals surface area contributed by atoms with E-state index in [1.165, 1.54) is 0 Å². The molecule has 0 aliphatic rings. The average molecular weight is 371 g/mol. The Morgan fingerprint density at radius 2 is 1.76 bits per heavy atom. The highest BCUT2D eigenvalue weighted by Gasteiger charge is 2.18. The molecule has 0 aliphatic heterocycles. The molecule has 0 spiro atoms. The summed E-state index contributed by atoms with van der Waals surface area (Å²) in [5, 5.41) is 1.12. The largest absolute Gasteiger partial charge is 0.330 e. The fourth-order valence-corrected chi connectivity index (χ4v) is 3.00. The molecule has 2 aromatic carbocycles. The molecule has 3 aromatic rings. The topological polar surface area (TPSA) is 33.2 Å². The number of benzene rings is 2. The van der Waals surface area contributed by atoms with Crippen LogP contribution in [0.5, 0.6) is 0 Å². The quantitative estimate of drug-likeness (QED) is 0.615. The highest BCUT2D eigenvalue weighted by Crippen LogP contribution is 2.23. The minimum Gasteiger partial charge on any atom is -0.330 e. The van der Waals surface area contributed by atoms with Crippen LogP contribution in [0.1, 0.15) is 21.5 Å². The Morgan fingerprint density at radius 1 is 0.960 bits per heavy atom. The molecule has 1 heterocycles. The van der Waals surface area contributed by atoms with Gasteiger partial charge in [0, 0.05) is 41.1 Å². The molecule has 1 aromatic heterocycles. The van der Waals surface area contributed by atoms with Gasteiger partial charge >= 0.3 is 0 Å². The van der Waals surface area contributed by atoms with Crippen molar-refractivity contribution in [1.29, 1.82) is 0 Å². The highest BCUT2D eigenvalue weighted by molar-refractivity contribution is 6.35. The third kappa shape index (κ3) is 4.59. The molecule has 25 heavy (non-hydrogen) atoms. The van der Waals surface area contributed by atoms with E-state index in [1.54, 1.807) is 29.4 Å². The van der Waals surface area contributed by atoms with Gasteiger partial charge in [0.05, 0.1) is 0 Å². The van der Waals surface area contributed by atoms with Gasteiger partial charge in [0.2, 0.25) is 0 Å². The van der Waals surface area contributed by atoms with Crippen LogP contribution in [0.2, 0.25) is 10.0 Å². The van der Waals surface area contributed by atoms with Gasteiger partial charge in [-0.05, 0) is 41.5 Å². The van der Waals surface area contributed by atoms with Crippen LogP contribution in [-0.4, -0.2) is 15.8 Å². The first-order chi connectivity index (χ1) is 12.1. The maximum Gasteiger partial charge on any atom is 0.254 e. The van der Waals surface area contributed by atoms with Crippen LogP contribution >= 0.6 is 23.2 Å². The van der Waals surface area contributed by atoms with Gasteiger partial charge in [-0.1, -0.05) is 53.5 Å². The van der Waals surface area contributed by atoms with Crippen LogP contribution in [0.25, 0.3) is 0 Å². The van der Waals surface area contributed by atoms with Crippen molar-refractivity contribution in [2.75, 3.05) is 0 Å². The molecule has 0 aliphatic carbocycles. The van der Waals surface area contributed by atoms with Crippen molar-refractivity contribution in [3.8, 4) is 0 Å². The van der Waals surface area contributed by atoms with E-state index in [0.29, 0.717) is 28.7 Å². The van der Waals surface area contributed by atoms with E-state index >= 15 is 0 Å². The van der Waals surface area contributed by atoms with E-state index in [9.17, 15) is 4.79 Å². The van der Waals surface area contributed by atoms with Gasteiger partial charge in [0.25, 0.3) is 5.91 Å². The van der Waals surface area contributed by atoms with Crippen LogP contribution in [0.4, 0.5) is 0 Å².